The number of nitriles is 1. The molecule has 0 aliphatic rings. The molecule has 0 aliphatic heterocycles. The van der Waals surface area contributed by atoms with Crippen LogP contribution in [-0.4, -0.2) is 25.5 Å². The van der Waals surface area contributed by atoms with Crippen molar-refractivity contribution < 1.29 is 4.79 Å². The number of amides is 1. The molecule has 7 heteroatoms. The minimum atomic E-state index is -0.182. The Hall–Kier alpha value is -3.40. The Morgan fingerprint density at radius 3 is 2.75 bits per heavy atom. The predicted molar refractivity (Wildman–Crippen MR) is 88.4 cm³/mol. The van der Waals surface area contributed by atoms with Gasteiger partial charge < -0.3 is 5.32 Å². The third kappa shape index (κ3) is 3.87. The van der Waals surface area contributed by atoms with Crippen LogP contribution in [-0.2, 0) is 17.8 Å². The summed E-state index contributed by atoms with van der Waals surface area (Å²) >= 11 is 0. The maximum absolute atomic E-state index is 12.1. The molecular weight excluding hydrogens is 304 g/mol. The summed E-state index contributed by atoms with van der Waals surface area (Å²) in [7, 11) is 0. The lowest BCUT2D eigenvalue weighted by molar-refractivity contribution is -0.115. The van der Waals surface area contributed by atoms with Crippen molar-refractivity contribution in [2.75, 3.05) is 5.32 Å². The lowest BCUT2D eigenvalue weighted by atomic mass is 10.3. The van der Waals surface area contributed by atoms with Crippen molar-refractivity contribution in [3.63, 3.8) is 0 Å². The molecule has 24 heavy (non-hydrogen) atoms. The molecule has 0 saturated carbocycles. The van der Waals surface area contributed by atoms with Gasteiger partial charge in [0, 0.05) is 18.5 Å². The molecule has 0 saturated heterocycles. The Morgan fingerprint density at radius 1 is 1.12 bits per heavy atom. The number of aromatic nitrogens is 4. The molecule has 3 aromatic rings. The van der Waals surface area contributed by atoms with Crippen LogP contribution in [0.25, 0.3) is 5.69 Å². The number of hydrogen-bond acceptors (Lipinski definition) is 4. The predicted octanol–water partition coefficient (Wildman–Crippen LogP) is 2.16. The monoisotopic (exact) mass is 320 g/mol. The van der Waals surface area contributed by atoms with Crippen LogP contribution in [0.4, 0.5) is 5.82 Å². The van der Waals surface area contributed by atoms with E-state index in [0.29, 0.717) is 24.5 Å². The van der Waals surface area contributed by atoms with Gasteiger partial charge in [-0.15, -0.1) is 0 Å². The molecule has 1 N–H and O–H groups in total. The highest BCUT2D eigenvalue weighted by molar-refractivity contribution is 5.91. The van der Waals surface area contributed by atoms with Crippen molar-refractivity contribution in [1.82, 2.24) is 19.6 Å². The summed E-state index contributed by atoms with van der Waals surface area (Å²) < 4.78 is 3.36. The summed E-state index contributed by atoms with van der Waals surface area (Å²) in [5.74, 6) is 0.291. The largest absolute Gasteiger partial charge is 0.309 e. The molecule has 0 aliphatic carbocycles. The van der Waals surface area contributed by atoms with E-state index in [4.69, 9.17) is 5.26 Å². The average Bonchev–Trinajstić information content (AvgIpc) is 3.23. The minimum Gasteiger partial charge on any atom is -0.309 e. The highest BCUT2D eigenvalue weighted by Crippen LogP contribution is 2.08. The normalized spacial score (nSPS) is 10.3. The lowest BCUT2D eigenvalue weighted by Gasteiger charge is -2.01. The van der Waals surface area contributed by atoms with Crippen molar-refractivity contribution in [2.24, 2.45) is 0 Å². The number of benzene rings is 1. The molecule has 0 radical (unpaired) electrons. The maximum atomic E-state index is 12.1. The van der Waals surface area contributed by atoms with E-state index in [1.165, 1.54) is 0 Å². The summed E-state index contributed by atoms with van der Waals surface area (Å²) in [5, 5.41) is 19.9. The van der Waals surface area contributed by atoms with Gasteiger partial charge in [-0.2, -0.15) is 15.5 Å². The summed E-state index contributed by atoms with van der Waals surface area (Å²) in [6.07, 6.45) is 4.11. The number of nitrogens with zero attached hydrogens (tertiary/aromatic N) is 5. The highest BCUT2D eigenvalue weighted by atomic mass is 16.1. The van der Waals surface area contributed by atoms with E-state index in [0.717, 1.165) is 5.69 Å². The van der Waals surface area contributed by atoms with E-state index >= 15 is 0 Å². The maximum Gasteiger partial charge on any atom is 0.231 e. The molecule has 1 amide bonds. The van der Waals surface area contributed by atoms with E-state index in [1.54, 1.807) is 21.6 Å². The fraction of sp³-hybridized carbons (Fsp3) is 0.176. The smallest absolute Gasteiger partial charge is 0.231 e. The van der Waals surface area contributed by atoms with Crippen LogP contribution in [0, 0.1) is 11.3 Å². The molecule has 0 spiro atoms. The van der Waals surface area contributed by atoms with E-state index in [1.807, 2.05) is 42.6 Å². The lowest BCUT2D eigenvalue weighted by Crippen LogP contribution is -2.15. The number of hydrogen-bond donors (Lipinski definition) is 1. The van der Waals surface area contributed by atoms with Crippen LogP contribution in [0.1, 0.15) is 12.1 Å². The molecule has 1 aromatic carbocycles. The first kappa shape index (κ1) is 15.5. The van der Waals surface area contributed by atoms with Gasteiger partial charge in [0.05, 0.1) is 36.8 Å². The summed E-state index contributed by atoms with van der Waals surface area (Å²) in [6, 6.07) is 15.3. The Balaban J connectivity index is 1.58. The molecule has 0 bridgehead atoms. The molecule has 2 heterocycles. The van der Waals surface area contributed by atoms with Gasteiger partial charge in [-0.25, -0.2) is 4.68 Å². The zero-order chi connectivity index (χ0) is 16.8. The van der Waals surface area contributed by atoms with E-state index in [9.17, 15) is 4.79 Å². The minimum absolute atomic E-state index is 0.172. The Morgan fingerprint density at radius 2 is 1.96 bits per heavy atom. The van der Waals surface area contributed by atoms with Crippen molar-refractivity contribution in [2.45, 2.75) is 19.4 Å². The third-order valence-corrected chi connectivity index (χ3v) is 3.37. The van der Waals surface area contributed by atoms with Crippen LogP contribution < -0.4 is 5.32 Å². The highest BCUT2D eigenvalue weighted by Gasteiger charge is 2.09. The molecule has 0 fully saturated rings. The second-order valence-electron chi connectivity index (χ2n) is 5.18. The number of aryl methyl sites for hydroxylation is 1. The SMILES string of the molecule is N#CCCn1ccc(NC(=O)Cc2ccn(-c3ccccc3)n2)n1. The van der Waals surface area contributed by atoms with Gasteiger partial charge >= 0.3 is 0 Å². The Labute approximate surface area is 139 Å². The van der Waals surface area contributed by atoms with Crippen molar-refractivity contribution >= 4 is 11.7 Å². The average molecular weight is 320 g/mol. The first-order valence-electron chi connectivity index (χ1n) is 7.55. The fourth-order valence-electron chi connectivity index (χ4n) is 2.25. The van der Waals surface area contributed by atoms with E-state index in [-0.39, 0.29) is 12.3 Å². The number of nitrogens with one attached hydrogen (secondary N) is 1. The molecule has 7 nitrogen and oxygen atoms in total. The first-order valence-corrected chi connectivity index (χ1v) is 7.55. The molecule has 0 unspecified atom stereocenters. The molecule has 120 valence electrons. The molecule has 0 atom stereocenters. The quantitative estimate of drug-likeness (QED) is 0.754. The topological polar surface area (TPSA) is 88.5 Å². The van der Waals surface area contributed by atoms with Crippen LogP contribution in [0.5, 0.6) is 0 Å². The van der Waals surface area contributed by atoms with Gasteiger partial charge in [-0.05, 0) is 18.2 Å². The van der Waals surface area contributed by atoms with Gasteiger partial charge in [0.2, 0.25) is 5.91 Å². The third-order valence-electron chi connectivity index (χ3n) is 3.37. The van der Waals surface area contributed by atoms with Crippen molar-refractivity contribution in [3.05, 3.63) is 60.6 Å². The number of anilines is 1. The Bertz CT molecular complexity index is 859. The standard InChI is InChI=1S/C17H16N6O/c18-9-4-10-22-11-8-16(21-22)19-17(24)13-14-7-12-23(20-14)15-5-2-1-3-6-15/h1-3,5-8,11-12H,4,10,13H2,(H,19,21,24). The fourth-order valence-corrected chi connectivity index (χ4v) is 2.25. The number of para-hydroxylation sites is 1. The van der Waals surface area contributed by atoms with Crippen LogP contribution >= 0.6 is 0 Å². The van der Waals surface area contributed by atoms with Crippen molar-refractivity contribution in [3.8, 4) is 11.8 Å². The molecule has 3 rings (SSSR count). The zero-order valence-electron chi connectivity index (χ0n) is 13.0. The number of carbonyl (C=O) groups is 1. The number of carbonyl (C=O) groups excluding carboxylic acids is 1. The van der Waals surface area contributed by atoms with Gasteiger partial charge in [0.15, 0.2) is 5.82 Å². The second kappa shape index (κ2) is 7.24. The molecular formula is C17H16N6O. The van der Waals surface area contributed by atoms with Crippen LogP contribution in [0.15, 0.2) is 54.9 Å². The second-order valence-corrected chi connectivity index (χ2v) is 5.18. The Kier molecular flexibility index (Phi) is 4.68. The molecule has 2 aromatic heterocycles. The van der Waals surface area contributed by atoms with Gasteiger partial charge in [-0.3, -0.25) is 9.48 Å². The van der Waals surface area contributed by atoms with Gasteiger partial charge in [0.1, 0.15) is 0 Å². The van der Waals surface area contributed by atoms with Gasteiger partial charge in [-0.1, -0.05) is 18.2 Å². The van der Waals surface area contributed by atoms with Crippen molar-refractivity contribution in [1.29, 1.82) is 5.26 Å². The summed E-state index contributed by atoms with van der Waals surface area (Å²) in [5.41, 5.74) is 1.63. The zero-order valence-corrected chi connectivity index (χ0v) is 13.0. The van der Waals surface area contributed by atoms with E-state index in [2.05, 4.69) is 21.6 Å². The van der Waals surface area contributed by atoms with Crippen LogP contribution in [0.3, 0.4) is 0 Å². The summed E-state index contributed by atoms with van der Waals surface area (Å²) in [6.45, 7) is 0.508. The summed E-state index contributed by atoms with van der Waals surface area (Å²) in [4.78, 5) is 12.1. The first-order chi connectivity index (χ1) is 11.7. The number of rotatable bonds is 6. The van der Waals surface area contributed by atoms with E-state index < -0.39 is 0 Å². The van der Waals surface area contributed by atoms with Crippen LogP contribution in [0.2, 0.25) is 0 Å². The van der Waals surface area contributed by atoms with Gasteiger partial charge in [0.25, 0.3) is 0 Å².